The molecule has 0 heterocycles. The Morgan fingerprint density at radius 3 is 1.16 bits per heavy atom. The maximum atomic E-state index is 12.9. The van der Waals surface area contributed by atoms with E-state index in [2.05, 4.69) is 69.4 Å². The van der Waals surface area contributed by atoms with E-state index in [0.717, 1.165) is 64.2 Å². The van der Waals surface area contributed by atoms with Gasteiger partial charge >= 0.3 is 25.7 Å². The number of hydrogen-bond donors (Lipinski definition) is 2. The van der Waals surface area contributed by atoms with E-state index < -0.39 is 57.8 Å². The van der Waals surface area contributed by atoms with Crippen LogP contribution in [0, 0.1) is 0 Å². The van der Waals surface area contributed by atoms with Crippen LogP contribution in [0.3, 0.4) is 0 Å². The molecule has 0 amide bonds. The first-order valence-electron chi connectivity index (χ1n) is 30.2. The molecule has 0 saturated heterocycles. The molecule has 0 aliphatic rings. The fraction of sp³-hybridized carbons (Fsp3) is 0.790. The lowest BCUT2D eigenvalue weighted by molar-refractivity contribution is -0.161. The van der Waals surface area contributed by atoms with Crippen LogP contribution >= 0.6 is 7.82 Å². The molecule has 11 nitrogen and oxygen atoms in total. The number of rotatable bonds is 56. The third-order valence-corrected chi connectivity index (χ3v) is 13.9. The highest BCUT2D eigenvalue weighted by Gasteiger charge is 2.28. The number of esters is 3. The van der Waals surface area contributed by atoms with E-state index >= 15 is 0 Å². The van der Waals surface area contributed by atoms with Crippen LogP contribution in [-0.2, 0) is 42.2 Å². The Morgan fingerprint density at radius 1 is 0.392 bits per heavy atom. The van der Waals surface area contributed by atoms with Gasteiger partial charge in [0.15, 0.2) is 6.10 Å². The van der Waals surface area contributed by atoms with E-state index in [1.165, 1.54) is 154 Å². The topological polar surface area (TPSA) is 155 Å². The van der Waals surface area contributed by atoms with Gasteiger partial charge in [0.2, 0.25) is 0 Å². The maximum Gasteiger partial charge on any atom is 0.472 e. The molecule has 0 aromatic rings. The highest BCUT2D eigenvalue weighted by molar-refractivity contribution is 7.47. The Balaban J connectivity index is 4.74. The van der Waals surface area contributed by atoms with Gasteiger partial charge in [-0.25, -0.2) is 4.57 Å². The largest absolute Gasteiger partial charge is 0.472 e. The predicted molar refractivity (Wildman–Crippen MR) is 307 cm³/mol. The Morgan fingerprint density at radius 2 is 0.730 bits per heavy atom. The number of allylic oxidation sites excluding steroid dienone is 10. The van der Waals surface area contributed by atoms with Gasteiger partial charge < -0.3 is 24.2 Å². The van der Waals surface area contributed by atoms with Gasteiger partial charge in [-0.15, -0.1) is 0 Å². The molecule has 74 heavy (non-hydrogen) atoms. The van der Waals surface area contributed by atoms with Gasteiger partial charge in [-0.1, -0.05) is 248 Å². The predicted octanol–water partition coefficient (Wildman–Crippen LogP) is 17.9. The second kappa shape index (κ2) is 56.4. The zero-order valence-electron chi connectivity index (χ0n) is 47.6. The van der Waals surface area contributed by atoms with Gasteiger partial charge in [-0.3, -0.25) is 23.4 Å². The maximum absolute atomic E-state index is 12.9. The van der Waals surface area contributed by atoms with Crippen LogP contribution < -0.4 is 0 Å². The van der Waals surface area contributed by atoms with Crippen molar-refractivity contribution >= 4 is 25.7 Å². The van der Waals surface area contributed by atoms with Gasteiger partial charge in [0.05, 0.1) is 19.8 Å². The number of aliphatic hydroxyl groups is 1. The Labute approximate surface area is 453 Å². The van der Waals surface area contributed by atoms with Crippen LogP contribution in [0.5, 0.6) is 0 Å². The minimum atomic E-state index is -4.76. The molecule has 0 spiro atoms. The second-order valence-electron chi connectivity index (χ2n) is 20.1. The highest BCUT2D eigenvalue weighted by Crippen LogP contribution is 2.43. The number of phosphoric acid groups is 1. The van der Waals surface area contributed by atoms with Crippen LogP contribution in [0.1, 0.15) is 278 Å². The molecule has 0 aliphatic heterocycles. The number of ether oxygens (including phenoxy) is 3. The summed E-state index contributed by atoms with van der Waals surface area (Å²) in [5.41, 5.74) is 0. The summed E-state index contributed by atoms with van der Waals surface area (Å²) in [5.74, 6) is -1.54. The molecule has 430 valence electrons. The third kappa shape index (κ3) is 54.0. The van der Waals surface area contributed by atoms with E-state index in [1.807, 2.05) is 12.2 Å². The molecule has 0 saturated carbocycles. The molecule has 0 fully saturated rings. The fourth-order valence-corrected chi connectivity index (χ4v) is 9.15. The van der Waals surface area contributed by atoms with E-state index in [9.17, 15) is 28.9 Å². The van der Waals surface area contributed by atoms with Crippen molar-refractivity contribution in [2.45, 2.75) is 290 Å². The summed E-state index contributed by atoms with van der Waals surface area (Å²) >= 11 is 0. The quantitative estimate of drug-likeness (QED) is 0.0197. The van der Waals surface area contributed by atoms with Gasteiger partial charge in [0, 0.05) is 19.3 Å². The van der Waals surface area contributed by atoms with Crippen molar-refractivity contribution in [1.82, 2.24) is 0 Å². The summed E-state index contributed by atoms with van der Waals surface area (Å²) < 4.78 is 39.5. The lowest BCUT2D eigenvalue weighted by Gasteiger charge is -2.21. The smallest absolute Gasteiger partial charge is 0.462 e. The Hall–Kier alpha value is -2.82. The first-order valence-corrected chi connectivity index (χ1v) is 31.7. The summed E-state index contributed by atoms with van der Waals surface area (Å²) in [6.45, 7) is 4.48. The number of carbonyl (C=O) groups excluding carboxylic acids is 3. The number of aliphatic hydroxyl groups excluding tert-OH is 1. The fourth-order valence-electron chi connectivity index (χ4n) is 8.37. The number of unbranched alkanes of at least 4 members (excludes halogenated alkanes) is 29. The Bertz CT molecular complexity index is 1470. The average molecular weight is 1060 g/mol. The van der Waals surface area contributed by atoms with Crippen molar-refractivity contribution in [1.29, 1.82) is 0 Å². The Kier molecular flexibility index (Phi) is 54.2. The molecule has 12 heteroatoms. The summed E-state index contributed by atoms with van der Waals surface area (Å²) in [7, 11) is -4.76. The van der Waals surface area contributed by atoms with Crippen LogP contribution in [0.25, 0.3) is 0 Å². The van der Waals surface area contributed by atoms with Crippen LogP contribution in [-0.4, -0.2) is 66.5 Å². The molecule has 0 aliphatic carbocycles. The minimum Gasteiger partial charge on any atom is -0.462 e. The summed E-state index contributed by atoms with van der Waals surface area (Å²) in [6, 6.07) is 0. The number of carbonyl (C=O) groups is 3. The van der Waals surface area contributed by atoms with Gasteiger partial charge in [0.25, 0.3) is 0 Å². The molecule has 0 aromatic heterocycles. The first-order chi connectivity index (χ1) is 36.2. The zero-order chi connectivity index (χ0) is 54.1. The summed E-state index contributed by atoms with van der Waals surface area (Å²) in [4.78, 5) is 48.5. The first kappa shape index (κ1) is 71.2. The zero-order valence-corrected chi connectivity index (χ0v) is 48.5. The second-order valence-corrected chi connectivity index (χ2v) is 21.6. The number of hydrogen-bond acceptors (Lipinski definition) is 10. The molecule has 0 rings (SSSR count). The van der Waals surface area contributed by atoms with Gasteiger partial charge in [-0.2, -0.15) is 0 Å². The monoisotopic (exact) mass is 1060 g/mol. The van der Waals surface area contributed by atoms with Crippen LogP contribution in [0.4, 0.5) is 0 Å². The van der Waals surface area contributed by atoms with E-state index in [0.29, 0.717) is 19.3 Å². The van der Waals surface area contributed by atoms with E-state index in [1.54, 1.807) is 0 Å². The minimum absolute atomic E-state index is 0.0566. The molecule has 2 N–H and O–H groups in total. The van der Waals surface area contributed by atoms with Crippen molar-refractivity contribution in [3.05, 3.63) is 60.8 Å². The molecular formula is C62H111O11P. The van der Waals surface area contributed by atoms with Gasteiger partial charge in [0.1, 0.15) is 12.7 Å². The van der Waals surface area contributed by atoms with E-state index in [4.69, 9.17) is 23.3 Å². The number of phosphoric ester groups is 1. The lowest BCUT2D eigenvalue weighted by atomic mass is 10.0. The molecule has 0 aromatic carbocycles. The molecule has 0 bridgehead atoms. The lowest BCUT2D eigenvalue weighted by Crippen LogP contribution is -2.30. The third-order valence-electron chi connectivity index (χ3n) is 12.9. The van der Waals surface area contributed by atoms with Crippen molar-refractivity contribution < 1.29 is 52.2 Å². The van der Waals surface area contributed by atoms with Gasteiger partial charge in [-0.05, 0) is 70.6 Å². The van der Waals surface area contributed by atoms with Crippen LogP contribution in [0.2, 0.25) is 0 Å². The summed E-state index contributed by atoms with van der Waals surface area (Å²) in [5, 5.41) is 9.80. The molecule has 0 radical (unpaired) electrons. The van der Waals surface area contributed by atoms with Crippen molar-refractivity contribution in [3.63, 3.8) is 0 Å². The average Bonchev–Trinajstić information content (AvgIpc) is 3.39. The normalized spacial score (nSPS) is 13.7. The SMILES string of the molecule is CC/C=C\C/C=C\C/C=C\C/C=C\CCC(=O)OC(CO)COP(=O)(O)OCC(COC(=O)CCCCCCCCCCCCCCCCC)OC(=O)CCCCCCCCCCC/C=C\CCCCCCCC. The van der Waals surface area contributed by atoms with E-state index in [-0.39, 0.29) is 25.9 Å². The van der Waals surface area contributed by atoms with Crippen molar-refractivity contribution in [2.75, 3.05) is 26.4 Å². The molecular weight excluding hydrogens is 952 g/mol. The standard InChI is InChI=1S/C62H111O11P/c1-4-7-10-13-16-19-22-25-27-28-29-30-32-35-38-41-44-47-50-53-62(66)73-59(55-69-60(64)51-48-45-42-39-36-34-31-26-23-20-17-14-11-8-5-2)57-71-74(67,68)70-56-58(54-63)72-61(65)52-49-46-43-40-37-33-24-21-18-15-12-9-6-3/h9,12,18,21,25,27,33,37,43,46,58-59,63H,4-8,10-11,13-17,19-20,22-24,26,28-32,34-36,38-42,44-45,47-57H2,1-3H3,(H,67,68)/b12-9-,21-18-,27-25-,37-33-,46-43-. The molecule has 3 unspecified atom stereocenters. The van der Waals surface area contributed by atoms with Crippen molar-refractivity contribution in [2.24, 2.45) is 0 Å². The van der Waals surface area contributed by atoms with Crippen molar-refractivity contribution in [3.8, 4) is 0 Å². The summed E-state index contributed by atoms with van der Waals surface area (Å²) in [6.07, 6.45) is 62.0. The highest BCUT2D eigenvalue weighted by atomic mass is 31.2. The van der Waals surface area contributed by atoms with Crippen LogP contribution in [0.15, 0.2) is 60.8 Å². The molecule has 3 atom stereocenters.